The van der Waals surface area contributed by atoms with E-state index in [9.17, 15) is 4.79 Å². The van der Waals surface area contributed by atoms with E-state index < -0.39 is 0 Å². The number of piperidine rings is 1. The number of ether oxygens (including phenoxy) is 1. The zero-order valence-electron chi connectivity index (χ0n) is 16.7. The Morgan fingerprint density at radius 3 is 2.50 bits per heavy atom. The molecule has 2 atom stereocenters. The number of aryl methyl sites for hydroxylation is 1. The fourth-order valence-corrected chi connectivity index (χ4v) is 5.08. The third-order valence-corrected chi connectivity index (χ3v) is 6.84. The Balaban J connectivity index is 1.49. The Morgan fingerprint density at radius 2 is 1.82 bits per heavy atom. The maximum absolute atomic E-state index is 12.7. The lowest BCUT2D eigenvalue weighted by atomic mass is 9.98. The van der Waals surface area contributed by atoms with Gasteiger partial charge in [-0.3, -0.25) is 5.32 Å². The first-order valence-electron chi connectivity index (χ1n) is 10.0. The minimum Gasteiger partial charge on any atom is -0.445 e. The number of anilines is 1. The third kappa shape index (κ3) is 3.76. The summed E-state index contributed by atoms with van der Waals surface area (Å²) in [6.45, 7) is 2.01. The van der Waals surface area contributed by atoms with Gasteiger partial charge in [-0.1, -0.05) is 35.9 Å². The van der Waals surface area contributed by atoms with Crippen LogP contribution in [0.3, 0.4) is 0 Å². The van der Waals surface area contributed by atoms with Gasteiger partial charge in [0, 0.05) is 36.3 Å². The number of amides is 1. The van der Waals surface area contributed by atoms with E-state index in [2.05, 4.69) is 19.4 Å². The molecule has 0 spiro atoms. The molecular weight excluding hydrogens is 372 g/mol. The number of rotatable bonds is 3. The monoisotopic (exact) mass is 399 g/mol. The number of fused-ring (bicyclic) bond motifs is 2. The number of benzene rings is 2. The first-order chi connectivity index (χ1) is 13.3. The van der Waals surface area contributed by atoms with Crippen LogP contribution in [0.15, 0.2) is 42.5 Å². The van der Waals surface area contributed by atoms with Crippen LogP contribution in [0, 0.1) is 6.92 Å². The zero-order valence-corrected chi connectivity index (χ0v) is 17.5. The molecule has 4 rings (SSSR count). The van der Waals surface area contributed by atoms with Gasteiger partial charge in [0.25, 0.3) is 0 Å². The highest BCUT2D eigenvalue weighted by Gasteiger charge is 2.49. The third-order valence-electron chi connectivity index (χ3n) is 6.61. The van der Waals surface area contributed by atoms with Crippen LogP contribution in [-0.2, 0) is 4.74 Å². The van der Waals surface area contributed by atoms with Gasteiger partial charge >= 0.3 is 6.09 Å². The van der Waals surface area contributed by atoms with Gasteiger partial charge in [-0.15, -0.1) is 0 Å². The van der Waals surface area contributed by atoms with E-state index >= 15 is 0 Å². The molecular formula is C23H28ClN2O2+. The summed E-state index contributed by atoms with van der Waals surface area (Å²) < 4.78 is 6.91. The van der Waals surface area contributed by atoms with Gasteiger partial charge in [0.05, 0.1) is 31.9 Å². The molecule has 1 amide bonds. The maximum atomic E-state index is 12.7. The van der Waals surface area contributed by atoms with Gasteiger partial charge < -0.3 is 9.22 Å². The molecule has 2 unspecified atom stereocenters. The molecule has 2 aromatic rings. The van der Waals surface area contributed by atoms with Crippen molar-refractivity contribution in [2.45, 2.75) is 50.8 Å². The van der Waals surface area contributed by atoms with Crippen molar-refractivity contribution in [3.05, 3.63) is 53.1 Å². The summed E-state index contributed by atoms with van der Waals surface area (Å²) >= 11 is 6.16. The van der Waals surface area contributed by atoms with Crippen LogP contribution in [0.5, 0.6) is 0 Å². The standard InChI is InChI=1S/C23H27ClN2O2/c1-15-7-10-21(16-5-4-6-17(24)12-16)22(11-15)25-23(27)28-20-13-18-8-9-19(14-20)26(18,2)3/h4-7,10-12,18-20H,8-9,13-14H2,1-3H3/p+1. The molecule has 2 fully saturated rings. The van der Waals surface area contributed by atoms with Crippen LogP contribution in [-0.4, -0.2) is 42.9 Å². The number of hydrogen-bond donors (Lipinski definition) is 1. The summed E-state index contributed by atoms with van der Waals surface area (Å²) in [4.78, 5) is 12.7. The number of nitrogens with one attached hydrogen (secondary N) is 1. The first-order valence-corrected chi connectivity index (χ1v) is 10.4. The summed E-state index contributed by atoms with van der Waals surface area (Å²) in [5.74, 6) is 0. The summed E-state index contributed by atoms with van der Waals surface area (Å²) in [5.41, 5.74) is 3.74. The number of quaternary nitrogens is 1. The van der Waals surface area contributed by atoms with E-state index in [0.717, 1.165) is 39.7 Å². The Kier molecular flexibility index (Phi) is 5.11. The molecule has 2 saturated heterocycles. The summed E-state index contributed by atoms with van der Waals surface area (Å²) in [5, 5.41) is 3.65. The molecule has 0 aliphatic carbocycles. The molecule has 2 bridgehead atoms. The maximum Gasteiger partial charge on any atom is 0.411 e. The van der Waals surface area contributed by atoms with Crippen molar-refractivity contribution in [2.24, 2.45) is 0 Å². The predicted molar refractivity (Wildman–Crippen MR) is 114 cm³/mol. The number of carbonyl (C=O) groups excluding carboxylic acids is 1. The first kappa shape index (κ1) is 19.3. The Bertz CT molecular complexity index is 880. The molecule has 148 valence electrons. The van der Waals surface area contributed by atoms with E-state index in [1.54, 1.807) is 0 Å². The molecule has 0 saturated carbocycles. The highest BCUT2D eigenvalue weighted by atomic mass is 35.5. The quantitative estimate of drug-likeness (QED) is 0.679. The van der Waals surface area contributed by atoms with E-state index in [0.29, 0.717) is 17.1 Å². The van der Waals surface area contributed by atoms with Gasteiger partial charge in [-0.2, -0.15) is 0 Å². The highest BCUT2D eigenvalue weighted by Crippen LogP contribution is 2.40. The predicted octanol–water partition coefficient (Wildman–Crippen LogP) is 5.63. The minimum atomic E-state index is -0.370. The molecule has 28 heavy (non-hydrogen) atoms. The average molecular weight is 400 g/mol. The Hall–Kier alpha value is -2.04. The van der Waals surface area contributed by atoms with Crippen LogP contribution >= 0.6 is 11.6 Å². The fraction of sp³-hybridized carbons (Fsp3) is 0.435. The second-order valence-corrected chi connectivity index (χ2v) is 9.13. The summed E-state index contributed by atoms with van der Waals surface area (Å²) in [6.07, 6.45) is 4.00. The molecule has 5 heteroatoms. The number of nitrogens with zero attached hydrogens (tertiary/aromatic N) is 1. The molecule has 2 aromatic carbocycles. The van der Waals surface area contributed by atoms with Crippen molar-refractivity contribution in [3.8, 4) is 11.1 Å². The largest absolute Gasteiger partial charge is 0.445 e. The smallest absolute Gasteiger partial charge is 0.411 e. The van der Waals surface area contributed by atoms with E-state index in [-0.39, 0.29) is 12.2 Å². The molecule has 1 N–H and O–H groups in total. The zero-order chi connectivity index (χ0) is 19.9. The topological polar surface area (TPSA) is 38.3 Å². The highest BCUT2D eigenvalue weighted by molar-refractivity contribution is 6.30. The van der Waals surface area contributed by atoms with Crippen molar-refractivity contribution in [2.75, 3.05) is 19.4 Å². The van der Waals surface area contributed by atoms with Crippen LogP contribution in [0.2, 0.25) is 5.02 Å². The number of carbonyl (C=O) groups is 1. The van der Waals surface area contributed by atoms with Crippen LogP contribution < -0.4 is 5.32 Å². The molecule has 2 aliphatic heterocycles. The van der Waals surface area contributed by atoms with E-state index in [1.165, 1.54) is 12.8 Å². The molecule has 4 nitrogen and oxygen atoms in total. The normalized spacial score (nSPS) is 25.4. The number of hydrogen-bond acceptors (Lipinski definition) is 2. The lowest BCUT2D eigenvalue weighted by molar-refractivity contribution is -0.931. The number of halogens is 1. The van der Waals surface area contributed by atoms with Gasteiger partial charge in [0.2, 0.25) is 0 Å². The van der Waals surface area contributed by atoms with Gasteiger partial charge in [-0.25, -0.2) is 4.79 Å². The van der Waals surface area contributed by atoms with Gasteiger partial charge in [-0.05, 0) is 36.2 Å². The lowest BCUT2D eigenvalue weighted by Crippen LogP contribution is -2.56. The van der Waals surface area contributed by atoms with Crippen molar-refractivity contribution in [1.29, 1.82) is 0 Å². The van der Waals surface area contributed by atoms with Crippen molar-refractivity contribution in [3.63, 3.8) is 0 Å². The SMILES string of the molecule is Cc1ccc(-c2cccc(Cl)c2)c(NC(=O)OC2CC3CCC(C2)[N+]3(C)C)c1. The van der Waals surface area contributed by atoms with Crippen LogP contribution in [0.4, 0.5) is 10.5 Å². The Labute approximate surface area is 172 Å². The average Bonchev–Trinajstić information content (AvgIpc) is 2.80. The minimum absolute atomic E-state index is 0.00285. The molecule has 0 radical (unpaired) electrons. The molecule has 2 aliphatic rings. The summed E-state index contributed by atoms with van der Waals surface area (Å²) in [7, 11) is 4.62. The van der Waals surface area contributed by atoms with E-state index in [4.69, 9.17) is 16.3 Å². The lowest BCUT2D eigenvalue weighted by Gasteiger charge is -2.43. The Morgan fingerprint density at radius 1 is 1.11 bits per heavy atom. The van der Waals surface area contributed by atoms with Gasteiger partial charge in [0.15, 0.2) is 0 Å². The van der Waals surface area contributed by atoms with Crippen molar-refractivity contribution in [1.82, 2.24) is 0 Å². The second kappa shape index (κ2) is 7.41. The summed E-state index contributed by atoms with van der Waals surface area (Å²) in [6, 6.07) is 14.9. The van der Waals surface area contributed by atoms with Crippen molar-refractivity contribution < 1.29 is 14.0 Å². The van der Waals surface area contributed by atoms with Crippen molar-refractivity contribution >= 4 is 23.4 Å². The van der Waals surface area contributed by atoms with Crippen LogP contribution in [0.25, 0.3) is 11.1 Å². The van der Waals surface area contributed by atoms with Gasteiger partial charge in [0.1, 0.15) is 6.10 Å². The fourth-order valence-electron chi connectivity index (χ4n) is 4.89. The van der Waals surface area contributed by atoms with Crippen LogP contribution in [0.1, 0.15) is 31.2 Å². The molecule has 2 heterocycles. The van der Waals surface area contributed by atoms with E-state index in [1.807, 2.05) is 49.4 Å². The molecule has 0 aromatic heterocycles. The second-order valence-electron chi connectivity index (χ2n) is 8.70.